The van der Waals surface area contributed by atoms with Gasteiger partial charge < -0.3 is 4.57 Å². The van der Waals surface area contributed by atoms with E-state index in [0.717, 1.165) is 34.1 Å². The zero-order chi connectivity index (χ0) is 23.2. The van der Waals surface area contributed by atoms with Crippen LogP contribution in [0.3, 0.4) is 0 Å². The van der Waals surface area contributed by atoms with Crippen LogP contribution in [-0.2, 0) is 4.79 Å². The summed E-state index contributed by atoms with van der Waals surface area (Å²) < 4.78 is 2.18. The lowest BCUT2D eigenvalue weighted by Gasteiger charge is -2.20. The molecule has 1 aromatic heterocycles. The summed E-state index contributed by atoms with van der Waals surface area (Å²) in [6.45, 7) is 12.6. The van der Waals surface area contributed by atoms with Crippen LogP contribution >= 0.6 is 11.8 Å². The topological polar surface area (TPSA) is 73.8 Å². The summed E-state index contributed by atoms with van der Waals surface area (Å²) in [7, 11) is 0. The Morgan fingerprint density at radius 1 is 1.16 bits per heavy atom. The number of aryl methyl sites for hydroxylation is 1. The number of hydrogen-bond donors (Lipinski definition) is 1. The maximum absolute atomic E-state index is 12.7. The van der Waals surface area contributed by atoms with Crippen molar-refractivity contribution in [3.8, 4) is 5.69 Å². The minimum atomic E-state index is -0.392. The van der Waals surface area contributed by atoms with Crippen LogP contribution in [0.5, 0.6) is 0 Å². The van der Waals surface area contributed by atoms with Crippen LogP contribution in [0, 0.1) is 25.2 Å². The molecule has 0 radical (unpaired) electrons. The number of amidine groups is 2. The lowest BCUT2D eigenvalue weighted by atomic mass is 9.98. The zero-order valence-corrected chi connectivity index (χ0v) is 20.2. The monoisotopic (exact) mass is 447 g/mol. The molecule has 0 aliphatic carbocycles. The Kier molecular flexibility index (Phi) is 5.95. The minimum absolute atomic E-state index is 0.0749. The SMILES string of the molecule is CCC(C)c1ccc(-n2c(C)cc(C=C3C(=N)N4N=C(C(C)C)SC4=NC3=O)c2C)cc1. The predicted molar refractivity (Wildman–Crippen MR) is 134 cm³/mol. The largest absolute Gasteiger partial charge is 0.318 e. The maximum Gasteiger partial charge on any atom is 0.283 e. The van der Waals surface area contributed by atoms with E-state index in [1.54, 1.807) is 6.08 Å². The number of nitrogens with zero attached hydrogens (tertiary/aromatic N) is 4. The number of rotatable bonds is 5. The van der Waals surface area contributed by atoms with Crippen molar-refractivity contribution >= 4 is 39.8 Å². The molecule has 6 nitrogen and oxygen atoms in total. The van der Waals surface area contributed by atoms with E-state index < -0.39 is 5.91 Å². The molecule has 0 bridgehead atoms. The van der Waals surface area contributed by atoms with Gasteiger partial charge in [0.25, 0.3) is 5.91 Å². The molecule has 7 heteroatoms. The van der Waals surface area contributed by atoms with Crippen molar-refractivity contribution in [1.82, 2.24) is 9.58 Å². The number of carbonyl (C=O) groups is 1. The van der Waals surface area contributed by atoms with E-state index in [1.807, 2.05) is 26.8 Å². The maximum atomic E-state index is 12.7. The van der Waals surface area contributed by atoms with Crippen molar-refractivity contribution in [2.75, 3.05) is 0 Å². The number of amides is 1. The molecule has 1 atom stereocenters. The van der Waals surface area contributed by atoms with E-state index in [2.05, 4.69) is 59.7 Å². The number of aliphatic imine (C=N–C) groups is 1. The standard InChI is InChI=1S/C25H29N5OS/c1-7-15(4)18-8-10-20(11-9-18)29-16(5)12-19(17(29)6)13-21-22(26)30-25(27-23(21)31)32-24(28-30)14(2)3/h8-15,26H,7H2,1-6H3. The summed E-state index contributed by atoms with van der Waals surface area (Å²) in [6, 6.07) is 10.7. The molecule has 0 saturated carbocycles. The van der Waals surface area contributed by atoms with Crippen molar-refractivity contribution < 1.29 is 4.79 Å². The van der Waals surface area contributed by atoms with Gasteiger partial charge >= 0.3 is 0 Å². The van der Waals surface area contributed by atoms with Gasteiger partial charge in [0.1, 0.15) is 5.04 Å². The summed E-state index contributed by atoms with van der Waals surface area (Å²) >= 11 is 1.36. The molecule has 2 aliphatic heterocycles. The fourth-order valence-corrected chi connectivity index (χ4v) is 4.81. The Balaban J connectivity index is 1.69. The highest BCUT2D eigenvalue weighted by Gasteiger charge is 2.36. The third kappa shape index (κ3) is 3.86. The van der Waals surface area contributed by atoms with Gasteiger partial charge in [-0.05, 0) is 73.4 Å². The molecular formula is C25H29N5OS. The van der Waals surface area contributed by atoms with Crippen LogP contribution < -0.4 is 0 Å². The predicted octanol–water partition coefficient (Wildman–Crippen LogP) is 5.88. The Bertz CT molecular complexity index is 1180. The minimum Gasteiger partial charge on any atom is -0.318 e. The first-order chi connectivity index (χ1) is 15.2. The van der Waals surface area contributed by atoms with Gasteiger partial charge in [-0.25, -0.2) is 0 Å². The average molecular weight is 448 g/mol. The number of carbonyl (C=O) groups excluding carboxylic acids is 1. The summed E-state index contributed by atoms with van der Waals surface area (Å²) in [4.78, 5) is 16.9. The molecule has 0 fully saturated rings. The number of fused-ring (bicyclic) bond motifs is 1. The van der Waals surface area contributed by atoms with Crippen LogP contribution in [0.2, 0.25) is 0 Å². The summed E-state index contributed by atoms with van der Waals surface area (Å²) in [5.41, 5.74) is 5.67. The molecule has 2 aliphatic rings. The second-order valence-electron chi connectivity index (χ2n) is 8.68. The Morgan fingerprint density at radius 3 is 2.47 bits per heavy atom. The molecule has 1 unspecified atom stereocenters. The third-order valence-corrected chi connectivity index (χ3v) is 7.28. The van der Waals surface area contributed by atoms with Gasteiger partial charge in [-0.2, -0.15) is 15.1 Å². The molecule has 4 rings (SSSR count). The van der Waals surface area contributed by atoms with Crippen molar-refractivity contribution in [1.29, 1.82) is 5.41 Å². The van der Waals surface area contributed by atoms with Gasteiger partial charge in [-0.1, -0.05) is 39.8 Å². The quantitative estimate of drug-likeness (QED) is 0.581. The van der Waals surface area contributed by atoms with Gasteiger partial charge in [0, 0.05) is 23.0 Å². The molecule has 0 spiro atoms. The number of nitrogens with one attached hydrogen (secondary N) is 1. The van der Waals surface area contributed by atoms with Crippen molar-refractivity contribution in [2.24, 2.45) is 16.0 Å². The summed E-state index contributed by atoms with van der Waals surface area (Å²) in [6.07, 6.45) is 2.88. The first kappa shape index (κ1) is 22.3. The molecule has 3 heterocycles. The molecule has 1 aromatic carbocycles. The lowest BCUT2D eigenvalue weighted by molar-refractivity contribution is -0.114. The first-order valence-electron chi connectivity index (χ1n) is 11.0. The summed E-state index contributed by atoms with van der Waals surface area (Å²) in [5.74, 6) is 0.435. The highest BCUT2D eigenvalue weighted by molar-refractivity contribution is 8.27. The van der Waals surface area contributed by atoms with E-state index in [4.69, 9.17) is 5.41 Å². The first-order valence-corrected chi connectivity index (χ1v) is 11.8. The summed E-state index contributed by atoms with van der Waals surface area (Å²) in [5, 5.41) is 15.9. The van der Waals surface area contributed by atoms with E-state index in [1.165, 1.54) is 22.3 Å². The second-order valence-corrected chi connectivity index (χ2v) is 9.66. The van der Waals surface area contributed by atoms with Crippen molar-refractivity contribution in [3.05, 3.63) is 58.4 Å². The molecule has 0 saturated heterocycles. The van der Waals surface area contributed by atoms with Gasteiger partial charge in [0.2, 0.25) is 5.17 Å². The van der Waals surface area contributed by atoms with E-state index in [9.17, 15) is 4.79 Å². The highest BCUT2D eigenvalue weighted by atomic mass is 32.2. The van der Waals surface area contributed by atoms with Crippen LogP contribution in [0.25, 0.3) is 11.8 Å². The van der Waals surface area contributed by atoms with Gasteiger partial charge in [-0.15, -0.1) is 0 Å². The third-order valence-electron chi connectivity index (χ3n) is 6.07. The number of hydrogen-bond acceptors (Lipinski definition) is 4. The van der Waals surface area contributed by atoms with Crippen LogP contribution in [0.1, 0.15) is 62.5 Å². The Labute approximate surface area is 193 Å². The van der Waals surface area contributed by atoms with E-state index >= 15 is 0 Å². The average Bonchev–Trinajstić information content (AvgIpc) is 3.31. The van der Waals surface area contributed by atoms with Crippen LogP contribution in [-0.4, -0.2) is 31.5 Å². The molecule has 1 amide bonds. The Morgan fingerprint density at radius 2 is 1.84 bits per heavy atom. The molecule has 1 N–H and O–H groups in total. The number of aromatic nitrogens is 1. The Hall–Kier alpha value is -2.93. The number of benzene rings is 1. The van der Waals surface area contributed by atoms with Crippen LogP contribution in [0.15, 0.2) is 46.0 Å². The van der Waals surface area contributed by atoms with Crippen molar-refractivity contribution in [2.45, 2.75) is 53.9 Å². The number of thioether (sulfide) groups is 1. The van der Waals surface area contributed by atoms with Gasteiger partial charge in [-0.3, -0.25) is 10.2 Å². The highest BCUT2D eigenvalue weighted by Crippen LogP contribution is 2.32. The van der Waals surface area contributed by atoms with Gasteiger partial charge in [0.15, 0.2) is 5.84 Å². The molecule has 2 aromatic rings. The fourth-order valence-electron chi connectivity index (χ4n) is 3.91. The lowest BCUT2D eigenvalue weighted by Crippen LogP contribution is -2.35. The molecular weight excluding hydrogens is 418 g/mol. The zero-order valence-electron chi connectivity index (χ0n) is 19.4. The van der Waals surface area contributed by atoms with Gasteiger partial charge in [0.05, 0.1) is 5.57 Å². The number of hydrazone groups is 1. The van der Waals surface area contributed by atoms with E-state index in [-0.39, 0.29) is 17.3 Å². The van der Waals surface area contributed by atoms with Crippen LogP contribution in [0.4, 0.5) is 0 Å². The second kappa shape index (κ2) is 8.54. The fraction of sp³-hybridized carbons (Fsp3) is 0.360. The molecule has 166 valence electrons. The normalized spacial score (nSPS) is 18.3. The van der Waals surface area contributed by atoms with E-state index in [0.29, 0.717) is 11.1 Å². The smallest absolute Gasteiger partial charge is 0.283 e. The molecule has 32 heavy (non-hydrogen) atoms. The van der Waals surface area contributed by atoms with Crippen molar-refractivity contribution in [3.63, 3.8) is 0 Å².